The number of benzene rings is 2. The zero-order valence-electron chi connectivity index (χ0n) is 21.7. The van der Waals surface area contributed by atoms with E-state index in [-0.39, 0.29) is 0 Å². The second-order valence-electron chi connectivity index (χ2n) is 8.16. The van der Waals surface area contributed by atoms with E-state index >= 15 is 0 Å². The van der Waals surface area contributed by atoms with Crippen LogP contribution < -0.4 is 11.5 Å². The van der Waals surface area contributed by atoms with E-state index < -0.39 is 0 Å². The highest BCUT2D eigenvalue weighted by molar-refractivity contribution is 5.19. The molecule has 0 atom stereocenters. The molecule has 188 valence electrons. The highest BCUT2D eigenvalue weighted by atomic mass is 16.5. The molecular formula is C29H50N2O2. The van der Waals surface area contributed by atoms with Crippen LogP contribution in [-0.2, 0) is 16.1 Å². The molecule has 2 aromatic rings. The van der Waals surface area contributed by atoms with E-state index in [9.17, 15) is 0 Å². The number of ether oxygens (including phenoxy) is 2. The topological polar surface area (TPSA) is 70.5 Å². The van der Waals surface area contributed by atoms with E-state index in [4.69, 9.17) is 9.47 Å². The highest BCUT2D eigenvalue weighted by Crippen LogP contribution is 2.32. The Hall–Kier alpha value is -1.72. The summed E-state index contributed by atoms with van der Waals surface area (Å²) >= 11 is 0. The fourth-order valence-corrected chi connectivity index (χ4v) is 4.20. The van der Waals surface area contributed by atoms with E-state index in [1.54, 1.807) is 12.7 Å². The van der Waals surface area contributed by atoms with E-state index in [0.29, 0.717) is 12.7 Å². The van der Waals surface area contributed by atoms with E-state index in [0.717, 1.165) is 5.92 Å². The van der Waals surface area contributed by atoms with Crippen LogP contribution >= 0.6 is 0 Å². The van der Waals surface area contributed by atoms with Crippen molar-refractivity contribution in [1.82, 2.24) is 0 Å². The molecule has 2 saturated carbocycles. The Balaban J connectivity index is 0.000000441. The standard InChI is InChI=1S/C12H16.C8H10O.C7H14O.2CH5N/c1-3-7-11(8-4-1)12-9-5-2-6-10-12;1-9-7-8-5-3-2-4-6-8;1-8-7-5-3-2-4-6-7;2*1-2/h1,3-4,7-8,12H,2,5-6,9-10H2;2-6H,7H2,1H3;7H,2-6H2,1H3;2*2H2,1H3. The molecule has 4 nitrogen and oxygen atoms in total. The average molecular weight is 459 g/mol. The first kappa shape index (κ1) is 31.3. The molecule has 4 rings (SSSR count). The van der Waals surface area contributed by atoms with Crippen LogP contribution in [0.5, 0.6) is 0 Å². The first-order valence-electron chi connectivity index (χ1n) is 12.6. The summed E-state index contributed by atoms with van der Waals surface area (Å²) in [5.41, 5.74) is 11.8. The molecule has 4 N–H and O–H groups in total. The van der Waals surface area contributed by atoms with Gasteiger partial charge in [-0.15, -0.1) is 0 Å². The maximum absolute atomic E-state index is 5.19. The van der Waals surface area contributed by atoms with Gasteiger partial charge in [-0.1, -0.05) is 99.2 Å². The average Bonchev–Trinajstić information content (AvgIpc) is 2.94. The van der Waals surface area contributed by atoms with Gasteiger partial charge in [0.25, 0.3) is 0 Å². The molecule has 0 radical (unpaired) electrons. The minimum atomic E-state index is 0.587. The molecule has 0 unspecified atom stereocenters. The second kappa shape index (κ2) is 23.4. The van der Waals surface area contributed by atoms with Gasteiger partial charge in [0.05, 0.1) is 12.7 Å². The van der Waals surface area contributed by atoms with Crippen LogP contribution in [0.15, 0.2) is 60.7 Å². The molecule has 0 amide bonds. The lowest BCUT2D eigenvalue weighted by Crippen LogP contribution is -2.13. The minimum Gasteiger partial charge on any atom is -0.381 e. The van der Waals surface area contributed by atoms with Crippen LogP contribution in [0, 0.1) is 0 Å². The summed E-state index contributed by atoms with van der Waals surface area (Å²) in [5.74, 6) is 0.861. The van der Waals surface area contributed by atoms with Crippen LogP contribution in [0.25, 0.3) is 0 Å². The Morgan fingerprint density at radius 2 is 1.09 bits per heavy atom. The predicted octanol–water partition coefficient (Wildman–Crippen LogP) is 6.68. The molecule has 0 spiro atoms. The van der Waals surface area contributed by atoms with Gasteiger partial charge in [-0.2, -0.15) is 0 Å². The Bertz CT molecular complexity index is 610. The first-order chi connectivity index (χ1) is 16.3. The summed E-state index contributed by atoms with van der Waals surface area (Å²) in [4.78, 5) is 0. The van der Waals surface area contributed by atoms with Gasteiger partial charge in [-0.3, -0.25) is 0 Å². The van der Waals surface area contributed by atoms with E-state index in [1.165, 1.54) is 83.9 Å². The van der Waals surface area contributed by atoms with Gasteiger partial charge in [0.1, 0.15) is 0 Å². The molecule has 2 aliphatic rings. The van der Waals surface area contributed by atoms with Crippen molar-refractivity contribution in [2.45, 2.75) is 82.8 Å². The first-order valence-corrected chi connectivity index (χ1v) is 12.6. The Morgan fingerprint density at radius 3 is 1.52 bits per heavy atom. The molecule has 2 aromatic carbocycles. The predicted molar refractivity (Wildman–Crippen MR) is 144 cm³/mol. The maximum Gasteiger partial charge on any atom is 0.0713 e. The Kier molecular flexibility index (Phi) is 22.2. The maximum atomic E-state index is 5.19. The number of nitrogens with two attached hydrogens (primary N) is 2. The summed E-state index contributed by atoms with van der Waals surface area (Å²) in [6.45, 7) is 0.709. The van der Waals surface area contributed by atoms with E-state index in [1.807, 2.05) is 37.4 Å². The van der Waals surface area contributed by atoms with Crippen molar-refractivity contribution in [2.75, 3.05) is 28.3 Å². The minimum absolute atomic E-state index is 0.587. The van der Waals surface area contributed by atoms with Crippen molar-refractivity contribution in [3.63, 3.8) is 0 Å². The normalized spacial score (nSPS) is 15.7. The monoisotopic (exact) mass is 458 g/mol. The van der Waals surface area contributed by atoms with Crippen LogP contribution in [0.4, 0.5) is 0 Å². The van der Waals surface area contributed by atoms with E-state index in [2.05, 4.69) is 41.8 Å². The third-order valence-electron chi connectivity index (χ3n) is 5.92. The Morgan fingerprint density at radius 1 is 0.636 bits per heavy atom. The summed E-state index contributed by atoms with van der Waals surface area (Å²) < 4.78 is 10.1. The third-order valence-corrected chi connectivity index (χ3v) is 5.92. The quantitative estimate of drug-likeness (QED) is 0.536. The van der Waals surface area contributed by atoms with Gasteiger partial charge in [0.15, 0.2) is 0 Å². The van der Waals surface area contributed by atoms with Crippen molar-refractivity contribution < 1.29 is 9.47 Å². The molecule has 0 saturated heterocycles. The molecular weight excluding hydrogens is 408 g/mol. The van der Waals surface area contributed by atoms with Crippen LogP contribution in [-0.4, -0.2) is 34.4 Å². The van der Waals surface area contributed by atoms with Crippen molar-refractivity contribution in [3.8, 4) is 0 Å². The van der Waals surface area contributed by atoms with Gasteiger partial charge >= 0.3 is 0 Å². The SMILES string of the molecule is CN.CN.COC1CCCCC1.COCc1ccccc1.c1ccc(C2CCCCC2)cc1. The number of hydrogen-bond donors (Lipinski definition) is 2. The van der Waals surface area contributed by atoms with Crippen molar-refractivity contribution in [1.29, 1.82) is 0 Å². The summed E-state index contributed by atoms with van der Waals surface area (Å²) in [6.07, 6.45) is 14.4. The number of rotatable bonds is 4. The third kappa shape index (κ3) is 15.7. The lowest BCUT2D eigenvalue weighted by atomic mass is 9.84. The zero-order valence-corrected chi connectivity index (χ0v) is 21.7. The van der Waals surface area contributed by atoms with Crippen molar-refractivity contribution >= 4 is 0 Å². The largest absolute Gasteiger partial charge is 0.381 e. The van der Waals surface area contributed by atoms with Crippen LogP contribution in [0.2, 0.25) is 0 Å². The number of hydrogen-bond acceptors (Lipinski definition) is 4. The van der Waals surface area contributed by atoms with Gasteiger partial charge in [-0.05, 0) is 56.8 Å². The molecule has 0 heterocycles. The molecule has 0 bridgehead atoms. The lowest BCUT2D eigenvalue weighted by Gasteiger charge is -2.21. The fourth-order valence-electron chi connectivity index (χ4n) is 4.20. The molecule has 4 heteroatoms. The van der Waals surface area contributed by atoms with Crippen LogP contribution in [0.1, 0.15) is 81.3 Å². The molecule has 0 aromatic heterocycles. The van der Waals surface area contributed by atoms with Gasteiger partial charge in [0.2, 0.25) is 0 Å². The Labute approximate surface area is 204 Å². The second-order valence-corrected chi connectivity index (χ2v) is 8.16. The van der Waals surface area contributed by atoms with Crippen molar-refractivity contribution in [2.24, 2.45) is 11.5 Å². The lowest BCUT2D eigenvalue weighted by molar-refractivity contribution is 0.0710. The fraction of sp³-hybridized carbons (Fsp3) is 0.586. The zero-order chi connectivity index (χ0) is 24.6. The number of methoxy groups -OCH3 is 2. The summed E-state index contributed by atoms with van der Waals surface area (Å²) in [7, 11) is 6.52. The molecule has 0 aliphatic heterocycles. The molecule has 33 heavy (non-hydrogen) atoms. The van der Waals surface area contributed by atoms with Gasteiger partial charge in [0, 0.05) is 14.2 Å². The van der Waals surface area contributed by atoms with Gasteiger partial charge < -0.3 is 20.9 Å². The molecule has 2 fully saturated rings. The van der Waals surface area contributed by atoms with Crippen molar-refractivity contribution in [3.05, 3.63) is 71.8 Å². The highest BCUT2D eigenvalue weighted by Gasteiger charge is 2.14. The van der Waals surface area contributed by atoms with Crippen LogP contribution in [0.3, 0.4) is 0 Å². The summed E-state index contributed by atoms with van der Waals surface area (Å²) in [6, 6.07) is 21.1. The van der Waals surface area contributed by atoms with Gasteiger partial charge in [-0.25, -0.2) is 0 Å². The summed E-state index contributed by atoms with van der Waals surface area (Å²) in [5, 5.41) is 0. The smallest absolute Gasteiger partial charge is 0.0713 e. The molecule has 2 aliphatic carbocycles.